The van der Waals surface area contributed by atoms with Crippen LogP contribution in [0.4, 0.5) is 47.6 Å². The second kappa shape index (κ2) is 21.1. The molecule has 3 amide bonds. The van der Waals surface area contributed by atoms with Gasteiger partial charge in [-0.15, -0.1) is 0 Å². The number of nitrogens with one attached hydrogen (secondary N) is 2. The number of amides is 3. The third-order valence-corrected chi connectivity index (χ3v) is 18.4. The van der Waals surface area contributed by atoms with E-state index < -0.39 is 68.0 Å². The molecule has 0 spiro atoms. The van der Waals surface area contributed by atoms with Crippen molar-refractivity contribution in [2.45, 2.75) is 66.2 Å². The van der Waals surface area contributed by atoms with Crippen molar-refractivity contribution in [3.05, 3.63) is 106 Å². The van der Waals surface area contributed by atoms with Gasteiger partial charge in [0.05, 0.1) is 53.2 Å². The Balaban J connectivity index is 0.000000209. The van der Waals surface area contributed by atoms with Crippen LogP contribution >= 0.6 is 14.3 Å². The number of anilines is 2. The van der Waals surface area contributed by atoms with Crippen molar-refractivity contribution in [2.75, 3.05) is 68.1 Å². The summed E-state index contributed by atoms with van der Waals surface area (Å²) in [6, 6.07) is 9.60. The number of aryl methyl sites for hydroxylation is 2. The number of halogens is 6. The van der Waals surface area contributed by atoms with Crippen LogP contribution in [0.5, 0.6) is 0 Å². The maximum Gasteiger partial charge on any atom is 0.416 e. The van der Waals surface area contributed by atoms with Crippen molar-refractivity contribution in [1.82, 2.24) is 39.7 Å². The van der Waals surface area contributed by atoms with E-state index in [0.29, 0.717) is 74.6 Å². The standard InChI is InChI=1S/C24H27F3N5O3P.C23H26F3N6O2P/c1-4-35-24(33)32-8-10-36(34,11-9-32)20-12-18-19(13-28-20)30-15(3)31-23(18)29-14(2)16-6-5-7-17(21(16)25)22(26)27;1-13-16(5-4-6-18(13)23(24,25)26)14(2)29-21-17-11-20(28-12-19(17)30-15(3)31-21)35(34)9-7-32(8-10-35)22(27)33/h5-7,12-14,22H,4,8-11H2,1-3H3,(H,29,30,31);4-6,11-12,14H,7-10H2,1-3H3,(H2,27,33)(H,29,30,31)/t2*14-/m11/s1. The summed E-state index contributed by atoms with van der Waals surface area (Å²) in [4.78, 5) is 52.9. The van der Waals surface area contributed by atoms with E-state index in [1.165, 1.54) is 47.3 Å². The number of rotatable bonds is 10. The molecule has 0 saturated carbocycles. The molecule has 2 saturated heterocycles. The molecule has 6 aromatic rings. The quantitative estimate of drug-likeness (QED) is 0.0864. The fraction of sp³-hybridized carbons (Fsp3) is 0.404. The van der Waals surface area contributed by atoms with E-state index in [1.807, 2.05) is 0 Å². The number of urea groups is 1. The Morgan fingerprint density at radius 3 is 1.65 bits per heavy atom. The number of alkyl halides is 5. The van der Waals surface area contributed by atoms with Gasteiger partial charge < -0.3 is 40.0 Å². The SMILES string of the molecule is CCOC(=O)N1CCP(=O)(c2cc3c(N[C@H](C)c4cccc(C(F)F)c4F)nc(C)nc3cn2)CC1.Cc1nc(N[C@H](C)c2cccc(C(F)(F)F)c2C)c2cc(P3(=O)CCN(C(N)=O)CC3)ncc2n1. The molecule has 24 heteroatoms. The molecular formula is C47H53F6N11O5P2. The van der Waals surface area contributed by atoms with Crippen molar-refractivity contribution >= 4 is 70.7 Å². The summed E-state index contributed by atoms with van der Waals surface area (Å²) in [6.07, 6.45) is -3.69. The third kappa shape index (κ3) is 11.5. The van der Waals surface area contributed by atoms with Gasteiger partial charge in [0.1, 0.15) is 54.3 Å². The number of nitrogens with two attached hydrogens (primary N) is 1. The molecule has 0 radical (unpaired) electrons. The van der Waals surface area contributed by atoms with Gasteiger partial charge in [0.15, 0.2) is 0 Å². The lowest BCUT2D eigenvalue weighted by molar-refractivity contribution is -0.138. The number of carbonyl (C=O) groups excluding carboxylic acids is 2. The number of primary amides is 1. The van der Waals surface area contributed by atoms with Crippen LogP contribution < -0.4 is 27.2 Å². The van der Waals surface area contributed by atoms with Gasteiger partial charge in [0.2, 0.25) is 0 Å². The molecular weight excluding hydrogens is 975 g/mol. The van der Waals surface area contributed by atoms with E-state index in [-0.39, 0.29) is 55.5 Å². The lowest BCUT2D eigenvalue weighted by Crippen LogP contribution is -2.44. The topological polar surface area (TPSA) is 211 Å². The highest BCUT2D eigenvalue weighted by Crippen LogP contribution is 2.47. The van der Waals surface area contributed by atoms with E-state index in [0.717, 1.165) is 12.1 Å². The molecule has 0 unspecified atom stereocenters. The molecule has 71 heavy (non-hydrogen) atoms. The predicted molar refractivity (Wildman–Crippen MR) is 259 cm³/mol. The van der Waals surface area contributed by atoms with E-state index >= 15 is 0 Å². The first-order valence-electron chi connectivity index (χ1n) is 22.7. The van der Waals surface area contributed by atoms with Gasteiger partial charge in [-0.3, -0.25) is 9.97 Å². The van der Waals surface area contributed by atoms with Crippen LogP contribution in [0, 0.1) is 26.6 Å². The molecule has 0 bridgehead atoms. The Morgan fingerprint density at radius 1 is 0.732 bits per heavy atom. The molecule has 4 N–H and O–H groups in total. The number of hydrogen-bond acceptors (Lipinski definition) is 13. The maximum absolute atomic E-state index is 14.7. The van der Waals surface area contributed by atoms with Crippen molar-refractivity contribution in [2.24, 2.45) is 5.73 Å². The molecule has 2 fully saturated rings. The second-order valence-electron chi connectivity index (χ2n) is 17.3. The lowest BCUT2D eigenvalue weighted by Gasteiger charge is -2.31. The third-order valence-electron chi connectivity index (χ3n) is 12.6. The van der Waals surface area contributed by atoms with E-state index in [9.17, 15) is 45.1 Å². The number of hydrogen-bond donors (Lipinski definition) is 3. The van der Waals surface area contributed by atoms with Crippen molar-refractivity contribution in [3.63, 3.8) is 0 Å². The smallest absolute Gasteiger partial charge is 0.416 e. The first-order chi connectivity index (χ1) is 33.5. The Bertz CT molecular complexity index is 3070. The Labute approximate surface area is 405 Å². The Morgan fingerprint density at radius 2 is 1.18 bits per heavy atom. The molecule has 0 aliphatic carbocycles. The number of fused-ring (bicyclic) bond motifs is 2. The van der Waals surface area contributed by atoms with Gasteiger partial charge in [-0.25, -0.2) is 42.7 Å². The van der Waals surface area contributed by atoms with Crippen molar-refractivity contribution in [3.8, 4) is 0 Å². The van der Waals surface area contributed by atoms with Gasteiger partial charge in [-0.2, -0.15) is 13.2 Å². The first kappa shape index (κ1) is 52.4. The summed E-state index contributed by atoms with van der Waals surface area (Å²) in [5.41, 5.74) is 6.53. The summed E-state index contributed by atoms with van der Waals surface area (Å²) in [7, 11) is -5.78. The summed E-state index contributed by atoms with van der Waals surface area (Å²) in [5.74, 6) is 0.699. The second-order valence-corrected chi connectivity index (χ2v) is 23.6. The molecule has 2 aliphatic heterocycles. The molecule has 2 atom stereocenters. The molecule has 4 aromatic heterocycles. The van der Waals surface area contributed by atoms with Crippen molar-refractivity contribution < 1.29 is 49.8 Å². The summed E-state index contributed by atoms with van der Waals surface area (Å²) < 4.78 is 114. The number of benzene rings is 2. The highest BCUT2D eigenvalue weighted by Gasteiger charge is 2.36. The highest BCUT2D eigenvalue weighted by molar-refractivity contribution is 7.71. The minimum absolute atomic E-state index is 0.0747. The average molecular weight is 1030 g/mol. The molecule has 16 nitrogen and oxygen atoms in total. The minimum Gasteiger partial charge on any atom is -0.450 e. The summed E-state index contributed by atoms with van der Waals surface area (Å²) >= 11 is 0. The van der Waals surface area contributed by atoms with Gasteiger partial charge in [0, 0.05) is 67.2 Å². The monoisotopic (exact) mass is 1030 g/mol. The summed E-state index contributed by atoms with van der Waals surface area (Å²) in [5, 5.41) is 7.43. The number of carbonyl (C=O) groups is 2. The molecule has 8 rings (SSSR count). The van der Waals surface area contributed by atoms with E-state index in [4.69, 9.17) is 10.5 Å². The molecule has 6 heterocycles. The molecule has 2 aromatic carbocycles. The predicted octanol–water partition coefficient (Wildman–Crippen LogP) is 9.26. The van der Waals surface area contributed by atoms with E-state index in [1.54, 1.807) is 52.8 Å². The number of nitrogens with zero attached hydrogens (tertiary/aromatic N) is 8. The van der Waals surface area contributed by atoms with E-state index in [2.05, 4.69) is 40.5 Å². The zero-order valence-corrected chi connectivity index (χ0v) is 41.5. The normalized spacial score (nSPS) is 16.5. The zero-order valence-electron chi connectivity index (χ0n) is 39.7. The average Bonchev–Trinajstić information content (AvgIpc) is 3.31. The lowest BCUT2D eigenvalue weighted by atomic mass is 9.97. The zero-order chi connectivity index (χ0) is 51.6. The molecule has 2 aliphatic rings. The number of pyridine rings is 2. The van der Waals surface area contributed by atoms with Crippen LogP contribution in [0.1, 0.15) is 78.7 Å². The maximum atomic E-state index is 14.7. The van der Waals surface area contributed by atoms with Crippen LogP contribution in [0.25, 0.3) is 21.8 Å². The van der Waals surface area contributed by atoms with Crippen LogP contribution in [0.15, 0.2) is 60.9 Å². The number of ether oxygens (including phenoxy) is 1. The van der Waals surface area contributed by atoms with Crippen LogP contribution in [0.3, 0.4) is 0 Å². The largest absolute Gasteiger partial charge is 0.450 e. The van der Waals surface area contributed by atoms with Crippen molar-refractivity contribution in [1.29, 1.82) is 0 Å². The Kier molecular flexibility index (Phi) is 15.6. The number of aromatic nitrogens is 6. The first-order valence-corrected chi connectivity index (χ1v) is 26.9. The van der Waals surface area contributed by atoms with Gasteiger partial charge in [-0.05, 0) is 70.9 Å². The van der Waals surface area contributed by atoms with Gasteiger partial charge >= 0.3 is 18.3 Å². The minimum atomic E-state index is -4.45. The summed E-state index contributed by atoms with van der Waals surface area (Å²) in [6.45, 7) is 11.4. The highest BCUT2D eigenvalue weighted by atomic mass is 31.2. The van der Waals surface area contributed by atoms with Gasteiger partial charge in [0.25, 0.3) is 6.43 Å². The van der Waals surface area contributed by atoms with Crippen LogP contribution in [-0.4, -0.2) is 109 Å². The van der Waals surface area contributed by atoms with Gasteiger partial charge in [-0.1, -0.05) is 30.3 Å². The van der Waals surface area contributed by atoms with Crippen LogP contribution in [-0.2, 0) is 20.0 Å². The molecule has 378 valence electrons. The fourth-order valence-electron chi connectivity index (χ4n) is 8.66. The van der Waals surface area contributed by atoms with Crippen LogP contribution in [0.2, 0.25) is 0 Å². The fourth-order valence-corrected chi connectivity index (χ4v) is 13.5. The Hall–Kier alpha value is -6.40.